The third-order valence-corrected chi connectivity index (χ3v) is 12.1. The van der Waals surface area contributed by atoms with Crippen LogP contribution in [0, 0.1) is 0 Å². The van der Waals surface area contributed by atoms with Gasteiger partial charge >= 0.3 is 0 Å². The zero-order valence-electron chi connectivity index (χ0n) is 32.9. The van der Waals surface area contributed by atoms with Gasteiger partial charge in [-0.15, -0.1) is 0 Å². The summed E-state index contributed by atoms with van der Waals surface area (Å²) in [5, 5.41) is 2.49. The average Bonchev–Trinajstić information content (AvgIpc) is 3.75. The molecule has 3 aromatic heterocycles. The maximum atomic E-state index is 4.49. The molecule has 0 amide bonds. The van der Waals surface area contributed by atoms with Gasteiger partial charge in [0.1, 0.15) is 0 Å². The van der Waals surface area contributed by atoms with Crippen LogP contribution in [0.2, 0.25) is 0 Å². The number of nitrogens with zero attached hydrogens (tertiary/aromatic N) is 4. The van der Waals surface area contributed by atoms with Gasteiger partial charge in [0.25, 0.3) is 0 Å². The Morgan fingerprint density at radius 3 is 1.76 bits per heavy atom. The van der Waals surface area contributed by atoms with E-state index in [4.69, 9.17) is 0 Å². The summed E-state index contributed by atoms with van der Waals surface area (Å²) in [7, 11) is 0. The molecule has 7 aromatic carbocycles. The molecule has 59 heavy (non-hydrogen) atoms. The van der Waals surface area contributed by atoms with Crippen LogP contribution < -0.4 is 4.90 Å². The van der Waals surface area contributed by atoms with E-state index in [1.807, 2.05) is 36.9 Å². The first-order valence-corrected chi connectivity index (χ1v) is 20.2. The number of aromatic nitrogens is 3. The topological polar surface area (TPSA) is 34.0 Å². The second kappa shape index (κ2) is 13.8. The van der Waals surface area contributed by atoms with Crippen LogP contribution in [-0.2, 0) is 5.41 Å². The van der Waals surface area contributed by atoms with Crippen LogP contribution in [0.4, 0.5) is 17.1 Å². The number of para-hydroxylation sites is 2. The van der Waals surface area contributed by atoms with Crippen LogP contribution in [0.25, 0.3) is 72.0 Å². The first-order valence-electron chi connectivity index (χ1n) is 20.2. The monoisotopic (exact) mass is 756 g/mol. The van der Waals surface area contributed by atoms with Gasteiger partial charge < -0.3 is 9.47 Å². The third kappa shape index (κ3) is 5.83. The summed E-state index contributed by atoms with van der Waals surface area (Å²) in [6.45, 7) is 4.69. The number of hydrogen-bond donors (Lipinski definition) is 0. The van der Waals surface area contributed by atoms with Crippen LogP contribution in [0.5, 0.6) is 0 Å². The lowest BCUT2D eigenvalue weighted by Crippen LogP contribution is -2.16. The Balaban J connectivity index is 1.07. The van der Waals surface area contributed by atoms with Crippen molar-refractivity contribution in [2.45, 2.75) is 19.3 Å². The standard InChI is InChI=1S/C55H40N4/c1-55(2)51-18-8-6-16-47(51)48-26-25-45(34-52(48)55)58(46-31-41(39-12-10-28-56-35-39)30-42(32-46)40-13-11-29-57-36-40)44-23-20-37(21-24-44)38-22-27-54-50(33-38)49-17-7-9-19-53(49)59(54)43-14-4-3-5-15-43/h3-36H,1-2H3. The lowest BCUT2D eigenvalue weighted by Gasteiger charge is -2.29. The predicted octanol–water partition coefficient (Wildman–Crippen LogP) is 14.4. The van der Waals surface area contributed by atoms with E-state index in [9.17, 15) is 0 Å². The fraction of sp³-hybridized carbons (Fsp3) is 0.0545. The molecule has 1 aliphatic rings. The van der Waals surface area contributed by atoms with Crippen LogP contribution in [0.1, 0.15) is 25.0 Å². The molecule has 0 saturated heterocycles. The van der Waals surface area contributed by atoms with Crippen molar-refractivity contribution in [3.8, 4) is 50.2 Å². The quantitative estimate of drug-likeness (QED) is 0.162. The van der Waals surface area contributed by atoms with Crippen LogP contribution in [0.15, 0.2) is 207 Å². The highest BCUT2D eigenvalue weighted by Crippen LogP contribution is 2.51. The second-order valence-electron chi connectivity index (χ2n) is 16.0. The lowest BCUT2D eigenvalue weighted by molar-refractivity contribution is 0.660. The van der Waals surface area contributed by atoms with Gasteiger partial charge in [-0.05, 0) is 129 Å². The normalized spacial score (nSPS) is 12.7. The molecule has 0 N–H and O–H groups in total. The van der Waals surface area contributed by atoms with Gasteiger partial charge in [0.15, 0.2) is 0 Å². The minimum Gasteiger partial charge on any atom is -0.310 e. The van der Waals surface area contributed by atoms with Gasteiger partial charge in [-0.3, -0.25) is 9.97 Å². The summed E-state index contributed by atoms with van der Waals surface area (Å²) < 4.78 is 2.37. The number of fused-ring (bicyclic) bond motifs is 6. The van der Waals surface area contributed by atoms with Crippen molar-refractivity contribution in [2.75, 3.05) is 4.90 Å². The first kappa shape index (κ1) is 34.7. The smallest absolute Gasteiger partial charge is 0.0541 e. The molecule has 280 valence electrons. The molecule has 0 unspecified atom stereocenters. The van der Waals surface area contributed by atoms with Crippen LogP contribution >= 0.6 is 0 Å². The summed E-state index contributed by atoms with van der Waals surface area (Å²) in [5.74, 6) is 0. The molecule has 3 heterocycles. The SMILES string of the molecule is CC1(C)c2ccccc2-c2ccc(N(c3ccc(-c4ccc5c(c4)c4ccccc4n5-c4ccccc4)cc3)c3cc(-c4cccnc4)cc(-c4cccnc4)c3)cc21. The van der Waals surface area contributed by atoms with Crippen molar-refractivity contribution in [3.63, 3.8) is 0 Å². The highest BCUT2D eigenvalue weighted by atomic mass is 15.1. The van der Waals surface area contributed by atoms with Crippen molar-refractivity contribution in [1.82, 2.24) is 14.5 Å². The Bertz CT molecular complexity index is 3110. The Kier molecular flexibility index (Phi) is 8.12. The predicted molar refractivity (Wildman–Crippen MR) is 245 cm³/mol. The van der Waals surface area contributed by atoms with E-state index in [1.54, 1.807) is 0 Å². The number of anilines is 3. The molecular weight excluding hydrogens is 717 g/mol. The summed E-state index contributed by atoms with van der Waals surface area (Å²) in [6, 6.07) is 66.2. The summed E-state index contributed by atoms with van der Waals surface area (Å²) >= 11 is 0. The summed E-state index contributed by atoms with van der Waals surface area (Å²) in [4.78, 5) is 11.4. The van der Waals surface area contributed by atoms with Crippen molar-refractivity contribution in [3.05, 3.63) is 218 Å². The van der Waals surface area contributed by atoms with Crippen molar-refractivity contribution < 1.29 is 0 Å². The molecule has 4 nitrogen and oxygen atoms in total. The summed E-state index contributed by atoms with van der Waals surface area (Å²) in [6.07, 6.45) is 7.53. The van der Waals surface area contributed by atoms with Crippen LogP contribution in [-0.4, -0.2) is 14.5 Å². The van der Waals surface area contributed by atoms with E-state index in [-0.39, 0.29) is 5.41 Å². The lowest BCUT2D eigenvalue weighted by atomic mass is 9.82. The zero-order chi connectivity index (χ0) is 39.5. The zero-order valence-corrected chi connectivity index (χ0v) is 32.9. The van der Waals surface area contributed by atoms with E-state index in [1.165, 1.54) is 49.6 Å². The van der Waals surface area contributed by atoms with E-state index < -0.39 is 0 Å². The molecule has 1 aliphatic carbocycles. The molecule has 0 fully saturated rings. The first-order chi connectivity index (χ1) is 29.0. The minimum atomic E-state index is -0.141. The van der Waals surface area contributed by atoms with Gasteiger partial charge in [-0.1, -0.05) is 111 Å². The number of hydrogen-bond acceptors (Lipinski definition) is 3. The maximum Gasteiger partial charge on any atom is 0.0541 e. The van der Waals surface area contributed by atoms with Gasteiger partial charge in [0, 0.05) is 74.9 Å². The highest BCUT2D eigenvalue weighted by Gasteiger charge is 2.35. The maximum absolute atomic E-state index is 4.49. The summed E-state index contributed by atoms with van der Waals surface area (Å²) in [5.41, 5.74) is 18.6. The van der Waals surface area contributed by atoms with Gasteiger partial charge in [0.05, 0.1) is 11.0 Å². The van der Waals surface area contributed by atoms with Gasteiger partial charge in [-0.2, -0.15) is 0 Å². The molecule has 0 aliphatic heterocycles. The largest absolute Gasteiger partial charge is 0.310 e. The Hall–Kier alpha value is -7.56. The van der Waals surface area contributed by atoms with Crippen LogP contribution in [0.3, 0.4) is 0 Å². The fourth-order valence-corrected chi connectivity index (χ4v) is 9.23. The van der Waals surface area contributed by atoms with Gasteiger partial charge in [-0.25, -0.2) is 0 Å². The molecule has 10 aromatic rings. The second-order valence-corrected chi connectivity index (χ2v) is 16.0. The third-order valence-electron chi connectivity index (χ3n) is 12.1. The molecule has 4 heteroatoms. The van der Waals surface area contributed by atoms with E-state index in [2.05, 4.69) is 203 Å². The van der Waals surface area contributed by atoms with Crippen molar-refractivity contribution in [2.24, 2.45) is 0 Å². The molecule has 0 spiro atoms. The molecule has 0 saturated carbocycles. The fourth-order valence-electron chi connectivity index (χ4n) is 9.23. The average molecular weight is 757 g/mol. The highest BCUT2D eigenvalue weighted by molar-refractivity contribution is 6.10. The van der Waals surface area contributed by atoms with Gasteiger partial charge in [0.2, 0.25) is 0 Å². The van der Waals surface area contributed by atoms with E-state index >= 15 is 0 Å². The van der Waals surface area contributed by atoms with E-state index in [0.29, 0.717) is 0 Å². The molecule has 0 radical (unpaired) electrons. The molecule has 0 atom stereocenters. The number of rotatable bonds is 7. The van der Waals surface area contributed by atoms with E-state index in [0.717, 1.165) is 50.6 Å². The minimum absolute atomic E-state index is 0.141. The Morgan fingerprint density at radius 2 is 1.03 bits per heavy atom. The Morgan fingerprint density at radius 1 is 0.407 bits per heavy atom. The number of pyridine rings is 2. The Labute approximate surface area is 344 Å². The molecular formula is C55H40N4. The molecule has 11 rings (SSSR count). The molecule has 0 bridgehead atoms. The number of benzene rings is 7. The van der Waals surface area contributed by atoms with Crippen molar-refractivity contribution in [1.29, 1.82) is 0 Å². The van der Waals surface area contributed by atoms with Crippen molar-refractivity contribution >= 4 is 38.9 Å².